The van der Waals surface area contributed by atoms with Gasteiger partial charge in [-0.25, -0.2) is 0 Å². The van der Waals surface area contributed by atoms with Crippen LogP contribution in [0.3, 0.4) is 0 Å². The Hall–Kier alpha value is -1.66. The Kier molecular flexibility index (Phi) is 5.26. The van der Waals surface area contributed by atoms with Crippen molar-refractivity contribution in [2.45, 2.75) is 32.7 Å². The molecule has 1 unspecified atom stereocenters. The van der Waals surface area contributed by atoms with Crippen molar-refractivity contribution in [2.24, 2.45) is 5.73 Å². The Morgan fingerprint density at radius 2 is 2.21 bits per heavy atom. The van der Waals surface area contributed by atoms with Crippen molar-refractivity contribution in [3.63, 3.8) is 0 Å². The largest absolute Gasteiger partial charge is 0.327 e. The lowest BCUT2D eigenvalue weighted by Crippen LogP contribution is -2.26. The van der Waals surface area contributed by atoms with Crippen LogP contribution in [-0.2, 0) is 4.79 Å². The maximum Gasteiger partial charge on any atom is 0.288 e. The molecule has 1 rings (SSSR count). The van der Waals surface area contributed by atoms with Gasteiger partial charge in [-0.2, -0.15) is 0 Å². The summed E-state index contributed by atoms with van der Waals surface area (Å²) in [5.74, 6) is -0.234. The van der Waals surface area contributed by atoms with Crippen molar-refractivity contribution in [3.8, 4) is 0 Å². The fourth-order valence-electron chi connectivity index (χ4n) is 1.52. The van der Waals surface area contributed by atoms with Gasteiger partial charge in [0.1, 0.15) is 5.02 Å². The van der Waals surface area contributed by atoms with Crippen molar-refractivity contribution in [1.82, 2.24) is 0 Å². The Morgan fingerprint density at radius 1 is 1.58 bits per heavy atom. The first-order chi connectivity index (χ1) is 8.85. The van der Waals surface area contributed by atoms with E-state index in [1.54, 1.807) is 6.92 Å². The molecule has 7 heteroatoms. The summed E-state index contributed by atoms with van der Waals surface area (Å²) in [6.45, 7) is 3.56. The standard InChI is InChI=1S/C12H16ClN3O3/c1-3-8(14)5-12(17)15-10-6-9(13)11(16(18)19)4-7(10)2/h4,6,8H,3,5,14H2,1-2H3,(H,15,17). The van der Waals surface area contributed by atoms with Crippen LogP contribution in [-0.4, -0.2) is 16.9 Å². The Labute approximate surface area is 116 Å². The summed E-state index contributed by atoms with van der Waals surface area (Å²) >= 11 is 5.80. The van der Waals surface area contributed by atoms with Crippen molar-refractivity contribution >= 4 is 28.9 Å². The van der Waals surface area contributed by atoms with Gasteiger partial charge in [-0.15, -0.1) is 0 Å². The maximum absolute atomic E-state index is 11.7. The molecule has 0 saturated carbocycles. The number of hydrogen-bond acceptors (Lipinski definition) is 4. The molecule has 1 atom stereocenters. The van der Waals surface area contributed by atoms with Crippen molar-refractivity contribution in [1.29, 1.82) is 0 Å². The number of amides is 1. The number of carbonyl (C=O) groups is 1. The predicted octanol–water partition coefficient (Wildman–Crippen LogP) is 2.62. The highest BCUT2D eigenvalue weighted by molar-refractivity contribution is 6.33. The van der Waals surface area contributed by atoms with E-state index >= 15 is 0 Å². The summed E-state index contributed by atoms with van der Waals surface area (Å²) in [5, 5.41) is 13.4. The lowest BCUT2D eigenvalue weighted by molar-refractivity contribution is -0.384. The minimum atomic E-state index is -0.562. The zero-order valence-electron chi connectivity index (χ0n) is 10.8. The molecule has 0 saturated heterocycles. The topological polar surface area (TPSA) is 98.3 Å². The van der Waals surface area contributed by atoms with Crippen LogP contribution in [0.1, 0.15) is 25.3 Å². The van der Waals surface area contributed by atoms with E-state index < -0.39 is 4.92 Å². The molecule has 3 N–H and O–H groups in total. The number of rotatable bonds is 5. The van der Waals surface area contributed by atoms with Gasteiger partial charge in [-0.05, 0) is 25.0 Å². The first-order valence-corrected chi connectivity index (χ1v) is 6.23. The van der Waals surface area contributed by atoms with Gasteiger partial charge in [-0.1, -0.05) is 18.5 Å². The summed E-state index contributed by atoms with van der Waals surface area (Å²) in [4.78, 5) is 21.8. The normalized spacial score (nSPS) is 12.0. The lowest BCUT2D eigenvalue weighted by atomic mass is 10.1. The summed E-state index contributed by atoms with van der Waals surface area (Å²) in [6.07, 6.45) is 0.901. The molecule has 0 aromatic heterocycles. The molecule has 1 aromatic carbocycles. The maximum atomic E-state index is 11.7. The number of carbonyl (C=O) groups excluding carboxylic acids is 1. The van der Waals surface area contributed by atoms with E-state index in [-0.39, 0.29) is 29.1 Å². The molecule has 1 amide bonds. The van der Waals surface area contributed by atoms with Crippen LogP contribution in [0.15, 0.2) is 12.1 Å². The SMILES string of the molecule is CCC(N)CC(=O)Nc1cc(Cl)c([N+](=O)[O-])cc1C. The van der Waals surface area contributed by atoms with Crippen LogP contribution in [0, 0.1) is 17.0 Å². The Balaban J connectivity index is 2.88. The van der Waals surface area contributed by atoms with Gasteiger partial charge >= 0.3 is 0 Å². The quantitative estimate of drug-likeness (QED) is 0.642. The van der Waals surface area contributed by atoms with Gasteiger partial charge < -0.3 is 11.1 Å². The number of nitrogens with one attached hydrogen (secondary N) is 1. The first-order valence-electron chi connectivity index (χ1n) is 5.85. The highest BCUT2D eigenvalue weighted by Gasteiger charge is 2.16. The second kappa shape index (κ2) is 6.49. The van der Waals surface area contributed by atoms with Gasteiger partial charge in [0, 0.05) is 24.2 Å². The molecular weight excluding hydrogens is 270 g/mol. The van der Waals surface area contributed by atoms with Gasteiger partial charge in [0.05, 0.1) is 4.92 Å². The molecule has 0 aliphatic heterocycles. The monoisotopic (exact) mass is 285 g/mol. The number of nitrogens with zero attached hydrogens (tertiary/aromatic N) is 1. The van der Waals surface area contributed by atoms with Gasteiger partial charge in [0.15, 0.2) is 0 Å². The van der Waals surface area contributed by atoms with Crippen molar-refractivity contribution in [2.75, 3.05) is 5.32 Å². The molecule has 0 aliphatic carbocycles. The Bertz CT molecular complexity index is 505. The number of aryl methyl sites for hydroxylation is 1. The number of nitrogens with two attached hydrogens (primary N) is 1. The van der Waals surface area contributed by atoms with E-state index in [1.165, 1.54) is 12.1 Å². The minimum absolute atomic E-state index is 0.00862. The lowest BCUT2D eigenvalue weighted by Gasteiger charge is -2.11. The summed E-state index contributed by atoms with van der Waals surface area (Å²) in [5.41, 5.74) is 6.55. The number of halogens is 1. The van der Waals surface area contributed by atoms with Crippen LogP contribution < -0.4 is 11.1 Å². The fourth-order valence-corrected chi connectivity index (χ4v) is 1.76. The molecule has 0 spiro atoms. The minimum Gasteiger partial charge on any atom is -0.327 e. The number of hydrogen-bond donors (Lipinski definition) is 2. The van der Waals surface area contributed by atoms with Crippen LogP contribution in [0.5, 0.6) is 0 Å². The van der Waals surface area contributed by atoms with E-state index in [1.807, 2.05) is 6.92 Å². The molecule has 6 nitrogen and oxygen atoms in total. The van der Waals surface area contributed by atoms with Crippen molar-refractivity contribution < 1.29 is 9.72 Å². The predicted molar refractivity (Wildman–Crippen MR) is 74.4 cm³/mol. The zero-order valence-corrected chi connectivity index (χ0v) is 11.5. The average Bonchev–Trinajstić information content (AvgIpc) is 2.32. The Morgan fingerprint density at radius 3 is 2.74 bits per heavy atom. The molecule has 104 valence electrons. The third-order valence-corrected chi connectivity index (χ3v) is 3.04. The van der Waals surface area contributed by atoms with Crippen LogP contribution in [0.4, 0.5) is 11.4 Å². The van der Waals surface area contributed by atoms with E-state index in [2.05, 4.69) is 5.32 Å². The van der Waals surface area contributed by atoms with Crippen molar-refractivity contribution in [3.05, 3.63) is 32.8 Å². The molecule has 0 radical (unpaired) electrons. The number of benzene rings is 1. The highest BCUT2D eigenvalue weighted by Crippen LogP contribution is 2.30. The number of nitro groups is 1. The fraction of sp³-hybridized carbons (Fsp3) is 0.417. The third kappa shape index (κ3) is 4.18. The van der Waals surface area contributed by atoms with E-state index in [0.29, 0.717) is 17.7 Å². The highest BCUT2D eigenvalue weighted by atomic mass is 35.5. The second-order valence-electron chi connectivity index (χ2n) is 4.30. The molecule has 0 heterocycles. The van der Waals surface area contributed by atoms with Gasteiger partial charge in [0.2, 0.25) is 5.91 Å². The molecule has 0 fully saturated rings. The van der Waals surface area contributed by atoms with Crippen LogP contribution in [0.25, 0.3) is 0 Å². The molecule has 0 bridgehead atoms. The van der Waals surface area contributed by atoms with Crippen LogP contribution >= 0.6 is 11.6 Å². The zero-order chi connectivity index (χ0) is 14.6. The van der Waals surface area contributed by atoms with E-state index in [0.717, 1.165) is 0 Å². The summed E-state index contributed by atoms with van der Waals surface area (Å²) < 4.78 is 0. The average molecular weight is 286 g/mol. The number of anilines is 1. The summed E-state index contributed by atoms with van der Waals surface area (Å²) in [7, 11) is 0. The smallest absolute Gasteiger partial charge is 0.288 e. The molecule has 1 aromatic rings. The van der Waals surface area contributed by atoms with E-state index in [4.69, 9.17) is 17.3 Å². The molecule has 19 heavy (non-hydrogen) atoms. The summed E-state index contributed by atoms with van der Waals surface area (Å²) in [6, 6.07) is 2.51. The van der Waals surface area contributed by atoms with E-state index in [9.17, 15) is 14.9 Å². The first kappa shape index (κ1) is 15.4. The second-order valence-corrected chi connectivity index (χ2v) is 4.70. The molecular formula is C12H16ClN3O3. The molecule has 0 aliphatic rings. The van der Waals surface area contributed by atoms with Gasteiger partial charge in [0.25, 0.3) is 5.69 Å². The third-order valence-electron chi connectivity index (χ3n) is 2.74. The number of nitro benzene ring substituents is 1. The van der Waals surface area contributed by atoms with Crippen LogP contribution in [0.2, 0.25) is 5.02 Å². The van der Waals surface area contributed by atoms with Gasteiger partial charge in [-0.3, -0.25) is 14.9 Å².